The van der Waals surface area contributed by atoms with Gasteiger partial charge in [0.25, 0.3) is 0 Å². The van der Waals surface area contributed by atoms with Crippen LogP contribution in [0, 0.1) is 5.41 Å². The molecule has 0 atom stereocenters. The zero-order valence-corrected chi connectivity index (χ0v) is 22.2. The lowest BCUT2D eigenvalue weighted by molar-refractivity contribution is -0.368. The molecule has 34 heavy (non-hydrogen) atoms. The second-order valence-corrected chi connectivity index (χ2v) is 10.6. The van der Waals surface area contributed by atoms with Gasteiger partial charge in [0.15, 0.2) is 0 Å². The zero-order valence-electron chi connectivity index (χ0n) is 22.2. The van der Waals surface area contributed by atoms with Crippen molar-refractivity contribution < 1.29 is 25.5 Å². The van der Waals surface area contributed by atoms with Crippen LogP contribution in [0.15, 0.2) is 24.3 Å². The molecule has 0 amide bonds. The number of carbonyl (C=O) groups is 2. The van der Waals surface area contributed by atoms with Crippen LogP contribution in [0.1, 0.15) is 144 Å². The topological polar surface area (TPSA) is 105 Å². The number of carbonyl (C=O) groups excluding carboxylic acids is 1. The summed E-state index contributed by atoms with van der Waals surface area (Å²) in [6.45, 7) is 8.19. The molecule has 4 N–H and O–H groups in total. The van der Waals surface area contributed by atoms with Crippen LogP contribution in [0.4, 0.5) is 0 Å². The van der Waals surface area contributed by atoms with Crippen LogP contribution in [-0.4, -0.2) is 23.6 Å². The first-order valence-electron chi connectivity index (χ1n) is 13.5. The maximum Gasteiger partial charge on any atom is 0.335 e. The van der Waals surface area contributed by atoms with E-state index in [1.807, 2.05) is 0 Å². The molecule has 0 fully saturated rings. The standard InChI is InChI=1S/C21H45N.C8H6O4/c1-21(2,3)19-17-15-13-11-9-7-5-4-6-8-10-12-14-16-18-20-22;9-7(10)5-2-1-3-6(4-5)8(11)12/h4-20,22H2,1-3H3;1-4H,(H,9,10)(H,11,12). The van der Waals surface area contributed by atoms with E-state index in [4.69, 9.17) is 5.11 Å². The quantitative estimate of drug-likeness (QED) is 0.243. The fourth-order valence-corrected chi connectivity index (χ4v) is 3.91. The number of rotatable bonds is 18. The van der Waals surface area contributed by atoms with E-state index in [1.54, 1.807) is 0 Å². The molecule has 0 saturated carbocycles. The lowest BCUT2D eigenvalue weighted by Gasteiger charge is -2.17. The van der Waals surface area contributed by atoms with Crippen LogP contribution < -0.4 is 10.8 Å². The Morgan fingerprint density at radius 2 is 1.12 bits per heavy atom. The van der Waals surface area contributed by atoms with Crippen LogP contribution in [0.5, 0.6) is 0 Å². The van der Waals surface area contributed by atoms with Crippen molar-refractivity contribution in [3.05, 3.63) is 35.4 Å². The summed E-state index contributed by atoms with van der Waals surface area (Å²) >= 11 is 0. The molecule has 0 heterocycles. The highest BCUT2D eigenvalue weighted by Crippen LogP contribution is 2.22. The maximum absolute atomic E-state index is 10.4. The number of benzene rings is 1. The first-order chi connectivity index (χ1) is 16.2. The van der Waals surface area contributed by atoms with Gasteiger partial charge in [-0.1, -0.05) is 116 Å². The Labute approximate surface area is 208 Å². The third kappa shape index (κ3) is 20.7. The molecule has 5 nitrogen and oxygen atoms in total. The predicted molar refractivity (Wildman–Crippen MR) is 139 cm³/mol. The van der Waals surface area contributed by atoms with Crippen molar-refractivity contribution in [2.45, 2.75) is 124 Å². The number of quaternary nitrogens is 1. The van der Waals surface area contributed by atoms with E-state index < -0.39 is 11.9 Å². The van der Waals surface area contributed by atoms with Gasteiger partial charge in [0.1, 0.15) is 0 Å². The number of hydrogen-bond donors (Lipinski definition) is 2. The van der Waals surface area contributed by atoms with Crippen molar-refractivity contribution in [3.8, 4) is 0 Å². The van der Waals surface area contributed by atoms with Gasteiger partial charge in [-0.3, -0.25) is 0 Å². The molecule has 5 heteroatoms. The monoisotopic (exact) mass is 477 g/mol. The first kappa shape index (κ1) is 32.1. The molecule has 0 aromatic heterocycles. The zero-order chi connectivity index (χ0) is 25.7. The summed E-state index contributed by atoms with van der Waals surface area (Å²) in [7, 11) is 0. The van der Waals surface area contributed by atoms with Crippen molar-refractivity contribution in [3.63, 3.8) is 0 Å². The van der Waals surface area contributed by atoms with Gasteiger partial charge in [0.2, 0.25) is 0 Å². The predicted octanol–water partition coefficient (Wildman–Crippen LogP) is 6.26. The van der Waals surface area contributed by atoms with Crippen LogP contribution in [-0.2, 0) is 0 Å². The number of unbranched alkanes of at least 4 members (excludes halogenated alkanes) is 14. The number of carboxylic acids is 2. The highest BCUT2D eigenvalue weighted by molar-refractivity contribution is 5.92. The van der Waals surface area contributed by atoms with Crippen LogP contribution in [0.2, 0.25) is 0 Å². The van der Waals surface area contributed by atoms with Crippen LogP contribution in [0.3, 0.4) is 0 Å². The molecule has 0 aliphatic carbocycles. The number of hydrogen-bond acceptors (Lipinski definition) is 3. The van der Waals surface area contributed by atoms with Gasteiger partial charge in [-0.05, 0) is 42.4 Å². The van der Waals surface area contributed by atoms with Gasteiger partial charge < -0.3 is 20.7 Å². The third-order valence-corrected chi connectivity index (χ3v) is 6.02. The average molecular weight is 478 g/mol. The molecule has 196 valence electrons. The van der Waals surface area contributed by atoms with Crippen molar-refractivity contribution in [1.82, 2.24) is 0 Å². The number of carboxylic acid groups (broad SMARTS) is 2. The summed E-state index contributed by atoms with van der Waals surface area (Å²) in [6, 6.07) is 5.00. The van der Waals surface area contributed by atoms with Gasteiger partial charge in [-0.2, -0.15) is 0 Å². The Bertz CT molecular complexity index is 623. The SMILES string of the molecule is CC(C)(C)CCCCCCCCCCCCCCCCC[NH3+].O=C([O-])c1cccc(C(=O)O)c1. The van der Waals surface area contributed by atoms with Gasteiger partial charge in [0.05, 0.1) is 18.1 Å². The van der Waals surface area contributed by atoms with E-state index in [-0.39, 0.29) is 11.1 Å². The Morgan fingerprint density at radius 1 is 0.735 bits per heavy atom. The van der Waals surface area contributed by atoms with E-state index >= 15 is 0 Å². The molecule has 0 aliphatic heterocycles. The number of aromatic carboxylic acids is 2. The van der Waals surface area contributed by atoms with E-state index in [9.17, 15) is 14.7 Å². The summed E-state index contributed by atoms with van der Waals surface area (Å²) in [5.74, 6) is -2.53. The Balaban J connectivity index is 0.000000757. The minimum atomic E-state index is -1.38. The van der Waals surface area contributed by atoms with Crippen molar-refractivity contribution in [2.24, 2.45) is 5.41 Å². The van der Waals surface area contributed by atoms with Crippen LogP contribution in [0.25, 0.3) is 0 Å². The van der Waals surface area contributed by atoms with Gasteiger partial charge >= 0.3 is 5.97 Å². The summed E-state index contributed by atoms with van der Waals surface area (Å²) in [5, 5.41) is 18.7. The molecular weight excluding hydrogens is 426 g/mol. The molecule has 0 bridgehead atoms. The molecule has 1 aromatic rings. The van der Waals surface area contributed by atoms with Crippen molar-refractivity contribution in [2.75, 3.05) is 6.54 Å². The van der Waals surface area contributed by atoms with E-state index in [2.05, 4.69) is 26.5 Å². The molecular formula is C29H51NO4. The van der Waals surface area contributed by atoms with Gasteiger partial charge in [-0.15, -0.1) is 0 Å². The molecule has 1 aromatic carbocycles. The minimum absolute atomic E-state index is 0.0586. The van der Waals surface area contributed by atoms with Crippen LogP contribution >= 0.6 is 0 Å². The molecule has 0 radical (unpaired) electrons. The summed E-state index contributed by atoms with van der Waals surface area (Å²) in [5.41, 5.74) is 4.25. The van der Waals surface area contributed by atoms with E-state index in [1.165, 1.54) is 121 Å². The highest BCUT2D eigenvalue weighted by Gasteiger charge is 2.08. The summed E-state index contributed by atoms with van der Waals surface area (Å²) in [4.78, 5) is 20.6. The lowest BCUT2D eigenvalue weighted by atomic mass is 9.89. The van der Waals surface area contributed by atoms with Crippen molar-refractivity contribution >= 4 is 11.9 Å². The average Bonchev–Trinajstić information content (AvgIpc) is 2.78. The fraction of sp³-hybridized carbons (Fsp3) is 0.724. The van der Waals surface area contributed by atoms with E-state index in [0.29, 0.717) is 5.41 Å². The highest BCUT2D eigenvalue weighted by atomic mass is 16.4. The lowest BCUT2D eigenvalue weighted by Crippen LogP contribution is -2.50. The third-order valence-electron chi connectivity index (χ3n) is 6.02. The first-order valence-corrected chi connectivity index (χ1v) is 13.5. The molecule has 0 unspecified atom stereocenters. The smallest absolute Gasteiger partial charge is 0.335 e. The normalized spacial score (nSPS) is 11.1. The Hall–Kier alpha value is -1.88. The second kappa shape index (κ2) is 20.5. The Morgan fingerprint density at radius 3 is 1.47 bits per heavy atom. The maximum atomic E-state index is 10.4. The molecule has 0 aliphatic rings. The minimum Gasteiger partial charge on any atom is -0.545 e. The molecule has 1 rings (SSSR count). The summed E-state index contributed by atoms with van der Waals surface area (Å²) in [6.07, 6.45) is 23.1. The van der Waals surface area contributed by atoms with Gasteiger partial charge in [0, 0.05) is 0 Å². The Kier molecular flexibility index (Phi) is 19.4. The van der Waals surface area contributed by atoms with E-state index in [0.717, 1.165) is 12.6 Å². The second-order valence-electron chi connectivity index (χ2n) is 10.6. The largest absolute Gasteiger partial charge is 0.545 e. The van der Waals surface area contributed by atoms with Crippen molar-refractivity contribution in [1.29, 1.82) is 0 Å². The molecule has 0 saturated heterocycles. The summed E-state index contributed by atoms with van der Waals surface area (Å²) < 4.78 is 0. The van der Waals surface area contributed by atoms with Gasteiger partial charge in [-0.25, -0.2) is 4.79 Å². The molecule has 0 spiro atoms. The fourth-order valence-electron chi connectivity index (χ4n) is 3.91.